The predicted octanol–water partition coefficient (Wildman–Crippen LogP) is 3.27. The Hall–Kier alpha value is -3.13. The molecule has 0 saturated carbocycles. The van der Waals surface area contributed by atoms with Gasteiger partial charge < -0.3 is 19.3 Å². The molecule has 3 rings (SSSR count). The van der Waals surface area contributed by atoms with Crippen LogP contribution >= 0.6 is 0 Å². The molecular weight excluding hydrogens is 374 g/mol. The summed E-state index contributed by atoms with van der Waals surface area (Å²) in [6.45, 7) is 4.31. The van der Waals surface area contributed by atoms with Gasteiger partial charge >= 0.3 is 0 Å². The Morgan fingerprint density at radius 1 is 1.21 bits per heavy atom. The number of methoxy groups -OCH3 is 1. The summed E-state index contributed by atoms with van der Waals surface area (Å²) in [7, 11) is 3.31. The van der Waals surface area contributed by atoms with Crippen molar-refractivity contribution in [3.05, 3.63) is 63.7 Å². The van der Waals surface area contributed by atoms with Crippen LogP contribution in [0.25, 0.3) is 0 Å². The number of non-ortho nitro benzene ring substituents is 1. The van der Waals surface area contributed by atoms with Crippen molar-refractivity contribution in [2.24, 2.45) is 0 Å². The van der Waals surface area contributed by atoms with Crippen molar-refractivity contribution in [3.63, 3.8) is 0 Å². The summed E-state index contributed by atoms with van der Waals surface area (Å²) in [5.41, 5.74) is 1.86. The standard InChI is InChI=1S/C21H25N3O5/c1-15(16-4-7-18(28-3)8-5-16)22(2)21(25)19-14-17(24(26)27)6-9-20(19)23-10-12-29-13-11-23/h4-9,14-15H,10-13H2,1-3H3. The van der Waals surface area contributed by atoms with E-state index in [2.05, 4.69) is 0 Å². The first-order valence-electron chi connectivity index (χ1n) is 9.44. The molecule has 0 radical (unpaired) electrons. The molecule has 1 heterocycles. The zero-order chi connectivity index (χ0) is 21.0. The van der Waals surface area contributed by atoms with Gasteiger partial charge in [0.2, 0.25) is 0 Å². The fourth-order valence-corrected chi connectivity index (χ4v) is 3.36. The maximum atomic E-state index is 13.3. The minimum absolute atomic E-state index is 0.101. The normalized spacial score (nSPS) is 14.9. The van der Waals surface area contributed by atoms with E-state index in [1.165, 1.54) is 12.1 Å². The van der Waals surface area contributed by atoms with E-state index in [1.807, 2.05) is 36.1 Å². The SMILES string of the molecule is COc1ccc(C(C)N(C)C(=O)c2cc([N+](=O)[O-])ccc2N2CCOCC2)cc1. The van der Waals surface area contributed by atoms with Crippen LogP contribution in [0.1, 0.15) is 28.9 Å². The lowest BCUT2D eigenvalue weighted by Gasteiger charge is -2.32. The Kier molecular flexibility index (Phi) is 6.33. The Bertz CT molecular complexity index is 878. The van der Waals surface area contributed by atoms with Crippen molar-refractivity contribution in [2.45, 2.75) is 13.0 Å². The van der Waals surface area contributed by atoms with Crippen molar-refractivity contribution in [3.8, 4) is 5.75 Å². The van der Waals surface area contributed by atoms with Crippen molar-refractivity contribution in [1.82, 2.24) is 4.90 Å². The maximum Gasteiger partial charge on any atom is 0.270 e. The first kappa shape index (κ1) is 20.6. The second kappa shape index (κ2) is 8.91. The summed E-state index contributed by atoms with van der Waals surface area (Å²) in [5.74, 6) is 0.474. The van der Waals surface area contributed by atoms with Gasteiger partial charge in [-0.3, -0.25) is 14.9 Å². The van der Waals surface area contributed by atoms with Gasteiger partial charge in [0.1, 0.15) is 5.75 Å². The molecule has 1 unspecified atom stereocenters. The van der Waals surface area contributed by atoms with E-state index in [9.17, 15) is 14.9 Å². The number of anilines is 1. The minimum Gasteiger partial charge on any atom is -0.497 e. The molecule has 1 saturated heterocycles. The Labute approximate surface area is 169 Å². The molecule has 8 nitrogen and oxygen atoms in total. The third kappa shape index (κ3) is 4.48. The average molecular weight is 399 g/mol. The van der Waals surface area contributed by atoms with E-state index in [1.54, 1.807) is 25.1 Å². The van der Waals surface area contributed by atoms with Crippen LogP contribution in [0, 0.1) is 10.1 Å². The van der Waals surface area contributed by atoms with Crippen LogP contribution in [0.3, 0.4) is 0 Å². The smallest absolute Gasteiger partial charge is 0.270 e. The summed E-state index contributed by atoms with van der Waals surface area (Å²) in [4.78, 5) is 27.8. The molecule has 0 spiro atoms. The lowest BCUT2D eigenvalue weighted by atomic mass is 10.0. The van der Waals surface area contributed by atoms with Crippen molar-refractivity contribution >= 4 is 17.3 Å². The Morgan fingerprint density at radius 2 is 1.86 bits per heavy atom. The first-order valence-corrected chi connectivity index (χ1v) is 9.44. The molecule has 1 amide bonds. The van der Waals surface area contributed by atoms with Crippen LogP contribution in [0.4, 0.5) is 11.4 Å². The van der Waals surface area contributed by atoms with Crippen molar-refractivity contribution < 1.29 is 19.2 Å². The van der Waals surface area contributed by atoms with Gasteiger partial charge in [-0.15, -0.1) is 0 Å². The van der Waals surface area contributed by atoms with Crippen molar-refractivity contribution in [1.29, 1.82) is 0 Å². The number of hydrogen-bond donors (Lipinski definition) is 0. The fraction of sp³-hybridized carbons (Fsp3) is 0.381. The zero-order valence-corrected chi connectivity index (χ0v) is 16.8. The summed E-state index contributed by atoms with van der Waals surface area (Å²) in [6.07, 6.45) is 0. The van der Waals surface area contributed by atoms with E-state index < -0.39 is 4.92 Å². The average Bonchev–Trinajstić information content (AvgIpc) is 2.77. The third-order valence-corrected chi connectivity index (χ3v) is 5.27. The number of morpholine rings is 1. The van der Waals surface area contributed by atoms with E-state index in [-0.39, 0.29) is 17.6 Å². The summed E-state index contributed by atoms with van der Waals surface area (Å²) in [5, 5.41) is 11.3. The number of amides is 1. The number of benzene rings is 2. The number of rotatable bonds is 6. The highest BCUT2D eigenvalue weighted by molar-refractivity contribution is 6.00. The number of nitro benzene ring substituents is 1. The minimum atomic E-state index is -0.479. The van der Waals surface area contributed by atoms with Crippen LogP contribution in [-0.2, 0) is 4.74 Å². The van der Waals surface area contributed by atoms with Crippen LogP contribution in [0.2, 0.25) is 0 Å². The number of carbonyl (C=O) groups excluding carboxylic acids is 1. The number of hydrogen-bond acceptors (Lipinski definition) is 6. The lowest BCUT2D eigenvalue weighted by molar-refractivity contribution is -0.384. The topological polar surface area (TPSA) is 85.1 Å². The first-order chi connectivity index (χ1) is 13.9. The van der Waals surface area contributed by atoms with Crippen molar-refractivity contribution in [2.75, 3.05) is 45.4 Å². The highest BCUT2D eigenvalue weighted by Crippen LogP contribution is 2.30. The molecule has 2 aromatic carbocycles. The highest BCUT2D eigenvalue weighted by atomic mass is 16.6. The van der Waals surface area contributed by atoms with E-state index in [0.717, 1.165) is 11.3 Å². The molecule has 0 aromatic heterocycles. The van der Waals surface area contributed by atoms with Gasteiger partial charge in [-0.25, -0.2) is 0 Å². The lowest BCUT2D eigenvalue weighted by Crippen LogP contribution is -2.38. The summed E-state index contributed by atoms with van der Waals surface area (Å²) >= 11 is 0. The van der Waals surface area contributed by atoms with Gasteiger partial charge in [-0.2, -0.15) is 0 Å². The summed E-state index contributed by atoms with van der Waals surface area (Å²) < 4.78 is 10.6. The fourth-order valence-electron chi connectivity index (χ4n) is 3.36. The second-order valence-corrected chi connectivity index (χ2v) is 6.92. The molecular formula is C21H25N3O5. The molecule has 8 heteroatoms. The molecule has 29 heavy (non-hydrogen) atoms. The molecule has 0 N–H and O–H groups in total. The van der Waals surface area contributed by atoms with Gasteiger partial charge in [0.15, 0.2) is 0 Å². The molecule has 2 aromatic rings. The van der Waals surface area contributed by atoms with Gasteiger partial charge in [-0.05, 0) is 30.7 Å². The number of nitro groups is 1. The largest absolute Gasteiger partial charge is 0.497 e. The molecule has 0 bridgehead atoms. The van der Waals surface area contributed by atoms with E-state index in [0.29, 0.717) is 37.6 Å². The highest BCUT2D eigenvalue weighted by Gasteiger charge is 2.26. The van der Waals surface area contributed by atoms with Crippen LogP contribution in [0.15, 0.2) is 42.5 Å². The van der Waals surface area contributed by atoms with Gasteiger partial charge in [-0.1, -0.05) is 12.1 Å². The van der Waals surface area contributed by atoms with Crippen LogP contribution in [0.5, 0.6) is 5.75 Å². The second-order valence-electron chi connectivity index (χ2n) is 6.92. The summed E-state index contributed by atoms with van der Waals surface area (Å²) in [6, 6.07) is 11.7. The Morgan fingerprint density at radius 3 is 2.45 bits per heavy atom. The van der Waals surface area contributed by atoms with Crippen LogP contribution in [-0.4, -0.2) is 56.2 Å². The molecule has 0 aliphatic carbocycles. The third-order valence-electron chi connectivity index (χ3n) is 5.27. The molecule has 1 fully saturated rings. The number of ether oxygens (including phenoxy) is 2. The maximum absolute atomic E-state index is 13.3. The number of nitrogens with zero attached hydrogens (tertiary/aromatic N) is 3. The van der Waals surface area contributed by atoms with Crippen LogP contribution < -0.4 is 9.64 Å². The molecule has 1 atom stereocenters. The zero-order valence-electron chi connectivity index (χ0n) is 16.8. The molecule has 154 valence electrons. The number of carbonyl (C=O) groups is 1. The van der Waals surface area contributed by atoms with E-state index in [4.69, 9.17) is 9.47 Å². The van der Waals surface area contributed by atoms with Gasteiger partial charge in [0, 0.05) is 32.3 Å². The van der Waals surface area contributed by atoms with Gasteiger partial charge in [0.05, 0.1) is 42.5 Å². The predicted molar refractivity (Wildman–Crippen MR) is 110 cm³/mol. The molecule has 1 aliphatic heterocycles. The Balaban J connectivity index is 1.92. The van der Waals surface area contributed by atoms with E-state index >= 15 is 0 Å². The quantitative estimate of drug-likeness (QED) is 0.547. The molecule has 1 aliphatic rings. The van der Waals surface area contributed by atoms with Gasteiger partial charge in [0.25, 0.3) is 11.6 Å². The monoisotopic (exact) mass is 399 g/mol.